The van der Waals surface area contributed by atoms with Gasteiger partial charge in [-0.05, 0) is 13.3 Å². The van der Waals surface area contributed by atoms with E-state index in [-0.39, 0.29) is 11.3 Å². The van der Waals surface area contributed by atoms with Gasteiger partial charge in [0.2, 0.25) is 0 Å². The highest BCUT2D eigenvalue weighted by molar-refractivity contribution is 6.42. The molecule has 0 amide bonds. The minimum Gasteiger partial charge on any atom is -0.487 e. The monoisotopic (exact) mass is 234 g/mol. The van der Waals surface area contributed by atoms with E-state index >= 15 is 0 Å². The van der Waals surface area contributed by atoms with Crippen LogP contribution in [0.5, 0.6) is 5.75 Å². The van der Waals surface area contributed by atoms with Gasteiger partial charge in [0.15, 0.2) is 10.9 Å². The lowest BCUT2D eigenvalue weighted by Crippen LogP contribution is -2.11. The first kappa shape index (κ1) is 11.5. The molecule has 0 spiro atoms. The Hall–Kier alpha value is -0.540. The predicted molar refractivity (Wildman–Crippen MR) is 57.1 cm³/mol. The Morgan fingerprint density at radius 2 is 2.21 bits per heavy atom. The first-order valence-corrected chi connectivity index (χ1v) is 5.24. The molecule has 0 aromatic carbocycles. The lowest BCUT2D eigenvalue weighted by atomic mass is 10.2. The van der Waals surface area contributed by atoms with Crippen LogP contribution in [0.15, 0.2) is 6.20 Å². The smallest absolute Gasteiger partial charge is 0.174 e. The summed E-state index contributed by atoms with van der Waals surface area (Å²) < 4.78 is 5.55. The maximum Gasteiger partial charge on any atom is 0.174 e. The van der Waals surface area contributed by atoms with E-state index in [0.29, 0.717) is 10.8 Å². The van der Waals surface area contributed by atoms with E-state index < -0.39 is 0 Å². The Morgan fingerprint density at radius 3 is 2.86 bits per heavy atom. The number of halogens is 2. The van der Waals surface area contributed by atoms with Gasteiger partial charge in [0.1, 0.15) is 5.02 Å². The summed E-state index contributed by atoms with van der Waals surface area (Å²) in [5.41, 5.74) is 0. The van der Waals surface area contributed by atoms with Crippen LogP contribution in [0.1, 0.15) is 26.7 Å². The highest BCUT2D eigenvalue weighted by Crippen LogP contribution is 2.29. The van der Waals surface area contributed by atoms with Gasteiger partial charge in [0.25, 0.3) is 0 Å². The van der Waals surface area contributed by atoms with Crippen molar-refractivity contribution in [3.05, 3.63) is 16.4 Å². The number of aromatic nitrogens is 2. The lowest BCUT2D eigenvalue weighted by molar-refractivity contribution is 0.209. The molecule has 0 fully saturated rings. The predicted octanol–water partition coefficient (Wildman–Crippen LogP) is 3.35. The van der Waals surface area contributed by atoms with Crippen LogP contribution in [0.3, 0.4) is 0 Å². The molecule has 3 nitrogen and oxygen atoms in total. The molecule has 0 saturated heterocycles. The van der Waals surface area contributed by atoms with Gasteiger partial charge >= 0.3 is 0 Å². The third-order valence-electron chi connectivity index (χ3n) is 1.74. The largest absolute Gasteiger partial charge is 0.487 e. The van der Waals surface area contributed by atoms with Gasteiger partial charge in [0, 0.05) is 0 Å². The second-order valence-corrected chi connectivity index (χ2v) is 3.77. The molecule has 1 aromatic rings. The molecular weight excluding hydrogens is 223 g/mol. The number of rotatable bonds is 4. The van der Waals surface area contributed by atoms with E-state index in [0.717, 1.165) is 12.8 Å². The molecule has 78 valence electrons. The maximum absolute atomic E-state index is 5.88. The van der Waals surface area contributed by atoms with E-state index in [9.17, 15) is 0 Å². The van der Waals surface area contributed by atoms with Crippen molar-refractivity contribution < 1.29 is 4.74 Å². The molecule has 1 heterocycles. The van der Waals surface area contributed by atoms with E-state index in [1.165, 1.54) is 6.20 Å². The molecule has 1 unspecified atom stereocenters. The zero-order chi connectivity index (χ0) is 10.6. The summed E-state index contributed by atoms with van der Waals surface area (Å²) in [6, 6.07) is 0. The van der Waals surface area contributed by atoms with Crippen LogP contribution in [-0.2, 0) is 0 Å². The third-order valence-corrected chi connectivity index (χ3v) is 2.47. The fourth-order valence-corrected chi connectivity index (χ4v) is 1.37. The van der Waals surface area contributed by atoms with Crippen molar-refractivity contribution in [1.82, 2.24) is 10.2 Å². The molecule has 1 aromatic heterocycles. The van der Waals surface area contributed by atoms with Gasteiger partial charge in [-0.1, -0.05) is 36.5 Å². The highest BCUT2D eigenvalue weighted by Gasteiger charge is 2.10. The van der Waals surface area contributed by atoms with Crippen LogP contribution in [0.4, 0.5) is 0 Å². The Labute approximate surface area is 93.4 Å². The quantitative estimate of drug-likeness (QED) is 0.802. The highest BCUT2D eigenvalue weighted by atomic mass is 35.5. The van der Waals surface area contributed by atoms with E-state index in [2.05, 4.69) is 17.1 Å². The minimum atomic E-state index is 0.109. The van der Waals surface area contributed by atoms with Gasteiger partial charge in [-0.3, -0.25) is 0 Å². The van der Waals surface area contributed by atoms with Gasteiger partial charge in [0.05, 0.1) is 12.3 Å². The molecule has 0 aliphatic rings. The molecule has 1 rings (SSSR count). The van der Waals surface area contributed by atoms with Crippen molar-refractivity contribution in [1.29, 1.82) is 0 Å². The third kappa shape index (κ3) is 3.00. The average molecular weight is 235 g/mol. The van der Waals surface area contributed by atoms with Gasteiger partial charge in [-0.2, -0.15) is 5.10 Å². The molecule has 5 heteroatoms. The topological polar surface area (TPSA) is 35.0 Å². The van der Waals surface area contributed by atoms with Crippen molar-refractivity contribution in [3.63, 3.8) is 0 Å². The zero-order valence-corrected chi connectivity index (χ0v) is 9.64. The van der Waals surface area contributed by atoms with E-state index in [4.69, 9.17) is 27.9 Å². The second-order valence-electron chi connectivity index (χ2n) is 3.03. The van der Waals surface area contributed by atoms with Crippen LogP contribution in [-0.4, -0.2) is 16.3 Å². The molecule has 0 N–H and O–H groups in total. The summed E-state index contributed by atoms with van der Waals surface area (Å²) in [7, 11) is 0. The minimum absolute atomic E-state index is 0.109. The molecule has 0 aliphatic carbocycles. The van der Waals surface area contributed by atoms with Crippen LogP contribution < -0.4 is 4.74 Å². The van der Waals surface area contributed by atoms with Gasteiger partial charge in [-0.15, -0.1) is 5.10 Å². The summed E-state index contributed by atoms with van der Waals surface area (Å²) >= 11 is 11.6. The Balaban J connectivity index is 2.71. The fraction of sp³-hybridized carbons (Fsp3) is 0.556. The lowest BCUT2D eigenvalue weighted by Gasteiger charge is -2.14. The number of ether oxygens (including phenoxy) is 1. The number of hydrogen-bond donors (Lipinski definition) is 0. The summed E-state index contributed by atoms with van der Waals surface area (Å²) in [4.78, 5) is 0. The van der Waals surface area contributed by atoms with E-state index in [1.807, 2.05) is 6.92 Å². The van der Waals surface area contributed by atoms with Crippen LogP contribution >= 0.6 is 23.2 Å². The molecule has 0 radical (unpaired) electrons. The van der Waals surface area contributed by atoms with Crippen LogP contribution in [0.2, 0.25) is 10.2 Å². The van der Waals surface area contributed by atoms with Crippen molar-refractivity contribution in [2.24, 2.45) is 0 Å². The first-order chi connectivity index (χ1) is 6.65. The zero-order valence-electron chi connectivity index (χ0n) is 8.13. The Kier molecular flexibility index (Phi) is 4.42. The summed E-state index contributed by atoms with van der Waals surface area (Å²) in [5.74, 6) is 0.493. The fourth-order valence-electron chi connectivity index (χ4n) is 1.10. The van der Waals surface area contributed by atoms with Gasteiger partial charge in [-0.25, -0.2) is 0 Å². The molecular formula is C9H12Cl2N2O. The van der Waals surface area contributed by atoms with Crippen molar-refractivity contribution >= 4 is 23.2 Å². The maximum atomic E-state index is 5.88. The van der Waals surface area contributed by atoms with Crippen molar-refractivity contribution in [2.45, 2.75) is 32.8 Å². The SMILES string of the molecule is CCCC(C)Oc1cnnc(Cl)c1Cl. The summed E-state index contributed by atoms with van der Waals surface area (Å²) in [6.45, 7) is 4.08. The molecule has 0 saturated carbocycles. The average Bonchev–Trinajstić information content (AvgIpc) is 2.13. The molecule has 0 bridgehead atoms. The number of hydrogen-bond acceptors (Lipinski definition) is 3. The molecule has 14 heavy (non-hydrogen) atoms. The van der Waals surface area contributed by atoms with Crippen molar-refractivity contribution in [2.75, 3.05) is 0 Å². The summed E-state index contributed by atoms with van der Waals surface area (Å²) in [5, 5.41) is 7.76. The Bertz CT molecular complexity index is 307. The van der Waals surface area contributed by atoms with Gasteiger partial charge < -0.3 is 4.74 Å². The van der Waals surface area contributed by atoms with Crippen LogP contribution in [0, 0.1) is 0 Å². The molecule has 1 atom stereocenters. The normalized spacial score (nSPS) is 12.6. The van der Waals surface area contributed by atoms with Crippen molar-refractivity contribution in [3.8, 4) is 5.75 Å². The standard InChI is InChI=1S/C9H12Cl2N2O/c1-3-4-6(2)14-7-5-12-13-9(11)8(7)10/h5-6H,3-4H2,1-2H3. The second kappa shape index (κ2) is 5.37. The Morgan fingerprint density at radius 1 is 1.50 bits per heavy atom. The molecule has 0 aliphatic heterocycles. The number of nitrogens with zero attached hydrogens (tertiary/aromatic N) is 2. The summed E-state index contributed by atoms with van der Waals surface area (Å²) in [6.07, 6.45) is 3.61. The van der Waals surface area contributed by atoms with E-state index in [1.54, 1.807) is 0 Å². The first-order valence-electron chi connectivity index (χ1n) is 4.48. The van der Waals surface area contributed by atoms with Crippen LogP contribution in [0.25, 0.3) is 0 Å².